The number of carbonyl (C=O) groups is 1. The second-order valence-corrected chi connectivity index (χ2v) is 4.32. The SMILES string of the molecule is Cc1ccc(C(=O)N/N=C/c2ccccc2Cl)cn1. The first-order valence-electron chi connectivity index (χ1n) is 5.67. The van der Waals surface area contributed by atoms with Crippen molar-refractivity contribution in [1.82, 2.24) is 10.4 Å². The summed E-state index contributed by atoms with van der Waals surface area (Å²) in [6, 6.07) is 10.7. The van der Waals surface area contributed by atoms with Crippen LogP contribution in [-0.2, 0) is 0 Å². The molecule has 0 saturated carbocycles. The Morgan fingerprint density at radius 2 is 2.11 bits per heavy atom. The van der Waals surface area contributed by atoms with Crippen LogP contribution in [0.1, 0.15) is 21.6 Å². The molecular formula is C14H12ClN3O. The molecule has 1 amide bonds. The summed E-state index contributed by atoms with van der Waals surface area (Å²) in [6.45, 7) is 1.86. The summed E-state index contributed by atoms with van der Waals surface area (Å²) in [7, 11) is 0. The number of nitrogens with zero attached hydrogens (tertiary/aromatic N) is 2. The maximum absolute atomic E-state index is 11.7. The second-order valence-electron chi connectivity index (χ2n) is 3.91. The van der Waals surface area contributed by atoms with E-state index in [1.54, 1.807) is 18.2 Å². The predicted molar refractivity (Wildman–Crippen MR) is 75.5 cm³/mol. The molecule has 4 nitrogen and oxygen atoms in total. The average Bonchev–Trinajstić information content (AvgIpc) is 2.41. The van der Waals surface area contributed by atoms with Crippen LogP contribution in [0.3, 0.4) is 0 Å². The Hall–Kier alpha value is -2.20. The number of aromatic nitrogens is 1. The minimum Gasteiger partial charge on any atom is -0.267 e. The molecular weight excluding hydrogens is 262 g/mol. The lowest BCUT2D eigenvalue weighted by atomic mass is 10.2. The second kappa shape index (κ2) is 6.11. The molecule has 1 aromatic carbocycles. The molecule has 0 unspecified atom stereocenters. The molecule has 0 radical (unpaired) electrons. The third-order valence-corrected chi connectivity index (χ3v) is 2.79. The summed E-state index contributed by atoms with van der Waals surface area (Å²) in [5.74, 6) is -0.309. The summed E-state index contributed by atoms with van der Waals surface area (Å²) >= 11 is 5.96. The van der Waals surface area contributed by atoms with Crippen LogP contribution in [0, 0.1) is 6.92 Å². The number of hydrogen-bond acceptors (Lipinski definition) is 3. The van der Waals surface area contributed by atoms with Gasteiger partial charge in [0.25, 0.3) is 5.91 Å². The van der Waals surface area contributed by atoms with Crippen molar-refractivity contribution < 1.29 is 4.79 Å². The average molecular weight is 274 g/mol. The van der Waals surface area contributed by atoms with Crippen molar-refractivity contribution in [3.05, 3.63) is 64.4 Å². The number of pyridine rings is 1. The van der Waals surface area contributed by atoms with Crippen LogP contribution >= 0.6 is 11.6 Å². The highest BCUT2D eigenvalue weighted by molar-refractivity contribution is 6.33. The van der Waals surface area contributed by atoms with Gasteiger partial charge in [0.05, 0.1) is 11.8 Å². The van der Waals surface area contributed by atoms with Crippen molar-refractivity contribution in [3.8, 4) is 0 Å². The van der Waals surface area contributed by atoms with Gasteiger partial charge in [-0.05, 0) is 25.1 Å². The normalized spacial score (nSPS) is 10.6. The number of amides is 1. The zero-order valence-corrected chi connectivity index (χ0v) is 11.1. The third kappa shape index (κ3) is 3.63. The largest absolute Gasteiger partial charge is 0.272 e. The molecule has 0 spiro atoms. The first kappa shape index (κ1) is 13.2. The van der Waals surface area contributed by atoms with Gasteiger partial charge in [0.15, 0.2) is 0 Å². The topological polar surface area (TPSA) is 54.4 Å². The molecule has 0 aliphatic heterocycles. The van der Waals surface area contributed by atoms with E-state index >= 15 is 0 Å². The van der Waals surface area contributed by atoms with E-state index in [-0.39, 0.29) is 5.91 Å². The van der Waals surface area contributed by atoms with E-state index in [2.05, 4.69) is 15.5 Å². The van der Waals surface area contributed by atoms with Crippen LogP contribution in [0.2, 0.25) is 5.02 Å². The molecule has 19 heavy (non-hydrogen) atoms. The summed E-state index contributed by atoms with van der Waals surface area (Å²) < 4.78 is 0. The van der Waals surface area contributed by atoms with Gasteiger partial charge >= 0.3 is 0 Å². The van der Waals surface area contributed by atoms with Gasteiger partial charge in [-0.1, -0.05) is 29.8 Å². The molecule has 2 aromatic rings. The lowest BCUT2D eigenvalue weighted by Crippen LogP contribution is -2.17. The van der Waals surface area contributed by atoms with E-state index in [1.165, 1.54) is 12.4 Å². The number of nitrogens with one attached hydrogen (secondary N) is 1. The number of benzene rings is 1. The monoisotopic (exact) mass is 273 g/mol. The number of hydrazone groups is 1. The minimum absolute atomic E-state index is 0.309. The van der Waals surface area contributed by atoms with E-state index in [4.69, 9.17) is 11.6 Å². The van der Waals surface area contributed by atoms with Gasteiger partial charge in [-0.25, -0.2) is 5.43 Å². The zero-order chi connectivity index (χ0) is 13.7. The molecule has 0 aliphatic rings. The van der Waals surface area contributed by atoms with Crippen LogP contribution in [-0.4, -0.2) is 17.1 Å². The Balaban J connectivity index is 2.01. The number of hydrogen-bond donors (Lipinski definition) is 1. The maximum Gasteiger partial charge on any atom is 0.272 e. The van der Waals surface area contributed by atoms with Crippen LogP contribution in [0.4, 0.5) is 0 Å². The highest BCUT2D eigenvalue weighted by atomic mass is 35.5. The number of halogens is 1. The Kier molecular flexibility index (Phi) is 4.26. The number of carbonyl (C=O) groups excluding carboxylic acids is 1. The minimum atomic E-state index is -0.309. The van der Waals surface area contributed by atoms with Gasteiger partial charge in [0.1, 0.15) is 0 Å². The highest BCUT2D eigenvalue weighted by Gasteiger charge is 2.03. The maximum atomic E-state index is 11.7. The van der Waals surface area contributed by atoms with Crippen molar-refractivity contribution in [2.24, 2.45) is 5.10 Å². The van der Waals surface area contributed by atoms with Crippen molar-refractivity contribution in [2.75, 3.05) is 0 Å². The van der Waals surface area contributed by atoms with E-state index in [9.17, 15) is 4.79 Å². The molecule has 0 bridgehead atoms. The van der Waals surface area contributed by atoms with Crippen LogP contribution < -0.4 is 5.43 Å². The van der Waals surface area contributed by atoms with Gasteiger partial charge < -0.3 is 0 Å². The predicted octanol–water partition coefficient (Wildman–Crippen LogP) is 2.81. The molecule has 1 heterocycles. The van der Waals surface area contributed by atoms with Crippen LogP contribution in [0.5, 0.6) is 0 Å². The summed E-state index contributed by atoms with van der Waals surface area (Å²) in [5.41, 5.74) is 4.49. The Bertz CT molecular complexity index is 608. The van der Waals surface area contributed by atoms with Crippen molar-refractivity contribution in [1.29, 1.82) is 0 Å². The molecule has 2 rings (SSSR count). The fourth-order valence-corrected chi connectivity index (χ4v) is 1.59. The zero-order valence-electron chi connectivity index (χ0n) is 10.3. The lowest BCUT2D eigenvalue weighted by Gasteiger charge is -2.00. The standard InChI is InChI=1S/C14H12ClN3O/c1-10-6-7-12(8-16-10)14(19)18-17-9-11-4-2-3-5-13(11)15/h2-9H,1H3,(H,18,19)/b17-9+. The fraction of sp³-hybridized carbons (Fsp3) is 0.0714. The van der Waals surface area contributed by atoms with Crippen molar-refractivity contribution in [2.45, 2.75) is 6.92 Å². The molecule has 5 heteroatoms. The van der Waals surface area contributed by atoms with Crippen LogP contribution in [0.15, 0.2) is 47.7 Å². The molecule has 0 atom stereocenters. The summed E-state index contributed by atoms with van der Waals surface area (Å²) in [4.78, 5) is 15.8. The van der Waals surface area contributed by atoms with Gasteiger partial charge in [-0.3, -0.25) is 9.78 Å². The number of rotatable bonds is 3. The van der Waals surface area contributed by atoms with E-state index < -0.39 is 0 Å². The highest BCUT2D eigenvalue weighted by Crippen LogP contribution is 2.12. The van der Waals surface area contributed by atoms with Gasteiger partial charge in [-0.15, -0.1) is 0 Å². The molecule has 0 fully saturated rings. The Labute approximate surface area is 116 Å². The summed E-state index contributed by atoms with van der Waals surface area (Å²) in [6.07, 6.45) is 3.01. The van der Waals surface area contributed by atoms with E-state index in [0.29, 0.717) is 10.6 Å². The molecule has 96 valence electrons. The van der Waals surface area contributed by atoms with Crippen LogP contribution in [0.25, 0.3) is 0 Å². The van der Waals surface area contributed by atoms with E-state index in [1.807, 2.05) is 25.1 Å². The quantitative estimate of drug-likeness (QED) is 0.691. The first-order valence-corrected chi connectivity index (χ1v) is 6.05. The molecule has 0 aliphatic carbocycles. The number of aryl methyl sites for hydroxylation is 1. The Morgan fingerprint density at radius 3 is 2.79 bits per heavy atom. The molecule has 0 saturated heterocycles. The fourth-order valence-electron chi connectivity index (χ4n) is 1.41. The Morgan fingerprint density at radius 1 is 1.32 bits per heavy atom. The van der Waals surface area contributed by atoms with Crippen molar-refractivity contribution in [3.63, 3.8) is 0 Å². The van der Waals surface area contributed by atoms with Gasteiger partial charge in [0, 0.05) is 22.5 Å². The first-order chi connectivity index (χ1) is 9.16. The smallest absolute Gasteiger partial charge is 0.267 e. The lowest BCUT2D eigenvalue weighted by molar-refractivity contribution is 0.0955. The van der Waals surface area contributed by atoms with Crippen molar-refractivity contribution >= 4 is 23.7 Å². The molecule has 1 aromatic heterocycles. The third-order valence-electron chi connectivity index (χ3n) is 2.45. The summed E-state index contributed by atoms with van der Waals surface area (Å²) in [5, 5.41) is 4.45. The molecule has 1 N–H and O–H groups in total. The van der Waals surface area contributed by atoms with Gasteiger partial charge in [0.2, 0.25) is 0 Å². The van der Waals surface area contributed by atoms with Gasteiger partial charge in [-0.2, -0.15) is 5.10 Å². The van der Waals surface area contributed by atoms with E-state index in [0.717, 1.165) is 11.3 Å².